The molecule has 0 saturated carbocycles. The molecule has 0 atom stereocenters. The summed E-state index contributed by atoms with van der Waals surface area (Å²) >= 11 is 6.01. The Morgan fingerprint density at radius 2 is 1.90 bits per heavy atom. The van der Waals surface area contributed by atoms with Gasteiger partial charge in [-0.1, -0.05) is 17.7 Å². The van der Waals surface area contributed by atoms with Crippen LogP contribution in [0.2, 0.25) is 5.02 Å². The first-order chi connectivity index (χ1) is 13.9. The fourth-order valence-electron chi connectivity index (χ4n) is 4.05. The fourth-order valence-corrected chi connectivity index (χ4v) is 4.24. The zero-order valence-electron chi connectivity index (χ0n) is 16.4. The number of hydrogen-bond acceptors (Lipinski definition) is 5. The van der Waals surface area contributed by atoms with Gasteiger partial charge in [-0.15, -0.1) is 0 Å². The van der Waals surface area contributed by atoms with E-state index in [1.165, 1.54) is 7.11 Å². The fraction of sp³-hybridized carbons (Fsp3) is 0.364. The molecule has 2 aromatic rings. The predicted octanol–water partition coefficient (Wildman–Crippen LogP) is 4.00. The molecule has 2 aliphatic heterocycles. The van der Waals surface area contributed by atoms with Gasteiger partial charge in [-0.3, -0.25) is 9.59 Å². The van der Waals surface area contributed by atoms with Crippen LogP contribution < -0.4 is 14.2 Å². The quantitative estimate of drug-likeness (QED) is 0.758. The third-order valence-electron chi connectivity index (χ3n) is 5.62. The molecule has 0 bridgehead atoms. The number of carbonyl (C=O) groups excluding carboxylic acids is 2. The summed E-state index contributed by atoms with van der Waals surface area (Å²) < 4.78 is 17.0. The van der Waals surface area contributed by atoms with Gasteiger partial charge in [-0.05, 0) is 18.2 Å². The number of piperidine rings is 1. The molecule has 1 amide bonds. The summed E-state index contributed by atoms with van der Waals surface area (Å²) in [5.41, 5.74) is 0.400. The average molecular weight is 416 g/mol. The van der Waals surface area contributed by atoms with E-state index in [1.807, 2.05) is 0 Å². The van der Waals surface area contributed by atoms with Crippen LogP contribution in [0.15, 0.2) is 36.4 Å². The number of amides is 1. The molecule has 1 saturated heterocycles. The third-order valence-corrected chi connectivity index (χ3v) is 5.85. The van der Waals surface area contributed by atoms with Crippen molar-refractivity contribution in [3.05, 3.63) is 52.5 Å². The van der Waals surface area contributed by atoms with Crippen LogP contribution in [0.1, 0.15) is 40.0 Å². The van der Waals surface area contributed by atoms with E-state index in [0.29, 0.717) is 59.3 Å². The SMILES string of the molecule is COc1cc(OC)c2c(c1)OC1(CCN(C(=O)c3cccc(Cl)c3)CC1)CC2=O. The molecule has 2 aliphatic rings. The number of ether oxygens (including phenoxy) is 3. The second kappa shape index (κ2) is 7.59. The highest BCUT2D eigenvalue weighted by Crippen LogP contribution is 2.44. The van der Waals surface area contributed by atoms with Crippen LogP contribution in [0.5, 0.6) is 17.2 Å². The number of hydrogen-bond donors (Lipinski definition) is 0. The van der Waals surface area contributed by atoms with E-state index in [1.54, 1.807) is 48.4 Å². The van der Waals surface area contributed by atoms with Crippen LogP contribution >= 0.6 is 11.6 Å². The molecule has 0 aliphatic carbocycles. The summed E-state index contributed by atoms with van der Waals surface area (Å²) in [4.78, 5) is 27.5. The van der Waals surface area contributed by atoms with E-state index < -0.39 is 5.60 Å². The van der Waals surface area contributed by atoms with Crippen LogP contribution in [-0.4, -0.2) is 49.5 Å². The topological polar surface area (TPSA) is 65.1 Å². The number of likely N-dealkylation sites (tertiary alicyclic amines) is 1. The van der Waals surface area contributed by atoms with Gasteiger partial charge in [0.15, 0.2) is 5.78 Å². The molecule has 7 heteroatoms. The minimum atomic E-state index is -0.618. The van der Waals surface area contributed by atoms with E-state index >= 15 is 0 Å². The number of benzene rings is 2. The molecule has 0 aromatic heterocycles. The summed E-state index contributed by atoms with van der Waals surface area (Å²) in [5.74, 6) is 1.42. The van der Waals surface area contributed by atoms with Crippen molar-refractivity contribution in [3.8, 4) is 17.2 Å². The Morgan fingerprint density at radius 3 is 2.55 bits per heavy atom. The lowest BCUT2D eigenvalue weighted by atomic mass is 9.82. The minimum absolute atomic E-state index is 0.0135. The normalized spacial score (nSPS) is 17.5. The van der Waals surface area contributed by atoms with E-state index in [9.17, 15) is 9.59 Å². The molecule has 2 aromatic carbocycles. The van der Waals surface area contributed by atoms with E-state index in [4.69, 9.17) is 25.8 Å². The molecule has 0 radical (unpaired) electrons. The van der Waals surface area contributed by atoms with Crippen molar-refractivity contribution in [2.24, 2.45) is 0 Å². The van der Waals surface area contributed by atoms with Gasteiger partial charge in [-0.25, -0.2) is 0 Å². The summed E-state index contributed by atoms with van der Waals surface area (Å²) in [6, 6.07) is 10.3. The Kier molecular flexibility index (Phi) is 5.13. The third kappa shape index (κ3) is 3.65. The first-order valence-corrected chi connectivity index (χ1v) is 9.85. The molecule has 152 valence electrons. The molecule has 1 spiro atoms. The number of ketones is 1. The van der Waals surface area contributed by atoms with Crippen molar-refractivity contribution in [1.29, 1.82) is 0 Å². The van der Waals surface area contributed by atoms with Crippen LogP contribution in [-0.2, 0) is 0 Å². The number of halogens is 1. The number of carbonyl (C=O) groups is 2. The highest BCUT2D eigenvalue weighted by atomic mass is 35.5. The molecule has 6 nitrogen and oxygen atoms in total. The molecule has 4 rings (SSSR count). The van der Waals surface area contributed by atoms with Crippen LogP contribution in [0.25, 0.3) is 0 Å². The number of Topliss-reactive ketones (excluding diaryl/α,β-unsaturated/α-hetero) is 1. The summed E-state index contributed by atoms with van der Waals surface area (Å²) in [6.07, 6.45) is 1.41. The molecule has 29 heavy (non-hydrogen) atoms. The van der Waals surface area contributed by atoms with Crippen LogP contribution in [0.3, 0.4) is 0 Å². The maximum absolute atomic E-state index is 12.9. The lowest BCUT2D eigenvalue weighted by Crippen LogP contribution is -2.52. The highest BCUT2D eigenvalue weighted by molar-refractivity contribution is 6.30. The monoisotopic (exact) mass is 415 g/mol. The first kappa shape index (κ1) is 19.6. The van der Waals surface area contributed by atoms with Gasteiger partial charge in [0.1, 0.15) is 28.4 Å². The zero-order valence-corrected chi connectivity index (χ0v) is 17.1. The Hall–Kier alpha value is -2.73. The molecule has 2 heterocycles. The maximum atomic E-state index is 12.9. The summed E-state index contributed by atoms with van der Waals surface area (Å²) in [5, 5.41) is 0.532. The van der Waals surface area contributed by atoms with Crippen molar-refractivity contribution >= 4 is 23.3 Å². The van der Waals surface area contributed by atoms with Gasteiger partial charge in [0.2, 0.25) is 0 Å². The Bertz CT molecular complexity index is 966. The van der Waals surface area contributed by atoms with Gasteiger partial charge in [-0.2, -0.15) is 0 Å². The number of methoxy groups -OCH3 is 2. The lowest BCUT2D eigenvalue weighted by Gasteiger charge is -2.44. The largest absolute Gasteiger partial charge is 0.496 e. The standard InChI is InChI=1S/C22H22ClNO5/c1-27-16-11-18(28-2)20-17(25)13-22(29-19(20)12-16)6-8-24(9-7-22)21(26)14-4-3-5-15(23)10-14/h3-5,10-12H,6-9,13H2,1-2H3. The van der Waals surface area contributed by atoms with Gasteiger partial charge >= 0.3 is 0 Å². The molecule has 1 fully saturated rings. The number of rotatable bonds is 3. The Balaban J connectivity index is 1.53. The highest BCUT2D eigenvalue weighted by Gasteiger charge is 2.45. The second-order valence-corrected chi connectivity index (χ2v) is 7.83. The van der Waals surface area contributed by atoms with Crippen molar-refractivity contribution in [3.63, 3.8) is 0 Å². The number of fused-ring (bicyclic) bond motifs is 1. The predicted molar refractivity (Wildman–Crippen MR) is 108 cm³/mol. The van der Waals surface area contributed by atoms with Gasteiger partial charge in [0, 0.05) is 48.6 Å². The molecular weight excluding hydrogens is 394 g/mol. The van der Waals surface area contributed by atoms with Crippen LogP contribution in [0, 0.1) is 0 Å². The summed E-state index contributed by atoms with van der Waals surface area (Å²) in [7, 11) is 3.08. The maximum Gasteiger partial charge on any atom is 0.253 e. The smallest absolute Gasteiger partial charge is 0.253 e. The zero-order chi connectivity index (χ0) is 20.6. The molecule has 0 unspecified atom stereocenters. The van der Waals surface area contributed by atoms with Crippen LogP contribution in [0.4, 0.5) is 0 Å². The van der Waals surface area contributed by atoms with Crippen molar-refractivity contribution in [2.75, 3.05) is 27.3 Å². The van der Waals surface area contributed by atoms with E-state index in [2.05, 4.69) is 0 Å². The van der Waals surface area contributed by atoms with E-state index in [0.717, 1.165) is 0 Å². The number of nitrogens with zero attached hydrogens (tertiary/aromatic N) is 1. The van der Waals surface area contributed by atoms with Gasteiger partial charge in [0.25, 0.3) is 5.91 Å². The minimum Gasteiger partial charge on any atom is -0.496 e. The van der Waals surface area contributed by atoms with Crippen molar-refractivity contribution in [2.45, 2.75) is 24.9 Å². The summed E-state index contributed by atoms with van der Waals surface area (Å²) in [6.45, 7) is 1.02. The Morgan fingerprint density at radius 1 is 1.14 bits per heavy atom. The van der Waals surface area contributed by atoms with Gasteiger partial charge in [0.05, 0.1) is 20.6 Å². The van der Waals surface area contributed by atoms with Crippen molar-refractivity contribution in [1.82, 2.24) is 4.90 Å². The first-order valence-electron chi connectivity index (χ1n) is 9.48. The van der Waals surface area contributed by atoms with Gasteiger partial charge < -0.3 is 19.1 Å². The van der Waals surface area contributed by atoms with E-state index in [-0.39, 0.29) is 18.1 Å². The lowest BCUT2D eigenvalue weighted by molar-refractivity contribution is -0.00610. The average Bonchev–Trinajstić information content (AvgIpc) is 2.72. The Labute approximate surface area is 174 Å². The second-order valence-electron chi connectivity index (χ2n) is 7.39. The molecule has 0 N–H and O–H groups in total. The molecular formula is C22H22ClNO5. The van der Waals surface area contributed by atoms with Crippen molar-refractivity contribution < 1.29 is 23.8 Å².